The zero-order valence-corrected chi connectivity index (χ0v) is 11.0. The Labute approximate surface area is 115 Å². The number of anilines is 1. The van der Waals surface area contributed by atoms with Gasteiger partial charge in [0, 0.05) is 18.0 Å². The number of benzene rings is 1. The Hall–Kier alpha value is -2.76. The summed E-state index contributed by atoms with van der Waals surface area (Å²) in [6.07, 6.45) is 1.82. The van der Waals surface area contributed by atoms with E-state index in [1.165, 1.54) is 0 Å². The quantitative estimate of drug-likeness (QED) is 0.783. The molecule has 0 saturated heterocycles. The predicted molar refractivity (Wildman–Crippen MR) is 74.7 cm³/mol. The first-order valence-electron chi connectivity index (χ1n) is 6.13. The van der Waals surface area contributed by atoms with Crippen LogP contribution >= 0.6 is 0 Å². The number of ether oxygens (including phenoxy) is 2. The first-order valence-corrected chi connectivity index (χ1v) is 6.13. The molecule has 0 atom stereocenters. The summed E-state index contributed by atoms with van der Waals surface area (Å²) < 4.78 is 12.8. The lowest BCUT2D eigenvalue weighted by molar-refractivity contribution is 0.275. The molecule has 0 bridgehead atoms. The molecule has 2 N–H and O–H groups in total. The van der Waals surface area contributed by atoms with Gasteiger partial charge in [-0.3, -0.25) is 4.40 Å². The summed E-state index contributed by atoms with van der Waals surface area (Å²) in [6.45, 7) is 0.297. The third-order valence-electron chi connectivity index (χ3n) is 2.93. The maximum atomic E-state index is 5.73. The van der Waals surface area contributed by atoms with Crippen LogP contribution in [0, 0.1) is 0 Å². The number of fused-ring (bicyclic) bond motifs is 1. The molecule has 6 nitrogen and oxygen atoms in total. The fourth-order valence-corrected chi connectivity index (χ4v) is 1.93. The van der Waals surface area contributed by atoms with E-state index in [-0.39, 0.29) is 0 Å². The molecule has 6 heteroatoms. The van der Waals surface area contributed by atoms with Gasteiger partial charge >= 0.3 is 0 Å². The smallest absolute Gasteiger partial charge is 0.175 e. The van der Waals surface area contributed by atoms with Crippen molar-refractivity contribution in [3.8, 4) is 11.5 Å². The van der Waals surface area contributed by atoms with Crippen LogP contribution in [0.5, 0.6) is 11.5 Å². The van der Waals surface area contributed by atoms with Gasteiger partial charge in [-0.15, -0.1) is 10.2 Å². The topological polar surface area (TPSA) is 74.7 Å². The number of pyridine rings is 1. The van der Waals surface area contributed by atoms with Crippen LogP contribution in [0.1, 0.15) is 5.82 Å². The summed E-state index contributed by atoms with van der Waals surface area (Å²) in [5.41, 5.74) is 7.06. The Bertz CT molecular complexity index is 739. The minimum absolute atomic E-state index is 0.297. The van der Waals surface area contributed by atoms with Gasteiger partial charge in [0.25, 0.3) is 0 Å². The Morgan fingerprint density at radius 3 is 2.75 bits per heavy atom. The van der Waals surface area contributed by atoms with Crippen LogP contribution in [-0.2, 0) is 6.61 Å². The van der Waals surface area contributed by atoms with Crippen LogP contribution in [0.25, 0.3) is 5.65 Å². The van der Waals surface area contributed by atoms with Crippen LogP contribution in [0.4, 0.5) is 5.69 Å². The number of para-hydroxylation sites is 2. The average Bonchev–Trinajstić information content (AvgIpc) is 2.87. The van der Waals surface area contributed by atoms with Crippen molar-refractivity contribution in [3.63, 3.8) is 0 Å². The Morgan fingerprint density at radius 2 is 1.95 bits per heavy atom. The van der Waals surface area contributed by atoms with Gasteiger partial charge in [-0.05, 0) is 18.2 Å². The molecule has 1 aromatic carbocycles. The van der Waals surface area contributed by atoms with E-state index in [4.69, 9.17) is 15.2 Å². The second kappa shape index (κ2) is 5.08. The van der Waals surface area contributed by atoms with Gasteiger partial charge < -0.3 is 15.2 Å². The Kier molecular flexibility index (Phi) is 3.12. The minimum atomic E-state index is 0.297. The normalized spacial score (nSPS) is 10.7. The van der Waals surface area contributed by atoms with Crippen molar-refractivity contribution in [2.24, 2.45) is 0 Å². The number of hydrogen-bond donors (Lipinski definition) is 1. The summed E-state index contributed by atoms with van der Waals surface area (Å²) in [6, 6.07) is 11.0. The van der Waals surface area contributed by atoms with Crippen LogP contribution in [0.2, 0.25) is 0 Å². The molecule has 0 unspecified atom stereocenters. The van der Waals surface area contributed by atoms with Crippen molar-refractivity contribution in [2.45, 2.75) is 6.61 Å². The van der Waals surface area contributed by atoms with Gasteiger partial charge in [-0.2, -0.15) is 0 Å². The lowest BCUT2D eigenvalue weighted by atomic mass is 10.3. The van der Waals surface area contributed by atoms with Crippen molar-refractivity contribution in [1.82, 2.24) is 14.6 Å². The molecular weight excluding hydrogens is 256 g/mol. The second-order valence-corrected chi connectivity index (χ2v) is 4.24. The molecule has 0 saturated carbocycles. The van der Waals surface area contributed by atoms with E-state index in [1.807, 2.05) is 34.9 Å². The summed E-state index contributed by atoms with van der Waals surface area (Å²) in [7, 11) is 1.61. The number of rotatable bonds is 4. The van der Waals surface area contributed by atoms with Crippen LogP contribution in [-0.4, -0.2) is 21.7 Å². The molecule has 0 spiro atoms. The van der Waals surface area contributed by atoms with E-state index in [2.05, 4.69) is 10.2 Å². The molecule has 2 heterocycles. The van der Waals surface area contributed by atoms with Gasteiger partial charge in [-0.1, -0.05) is 12.1 Å². The van der Waals surface area contributed by atoms with E-state index < -0.39 is 0 Å². The molecule has 2 aromatic heterocycles. The van der Waals surface area contributed by atoms with E-state index >= 15 is 0 Å². The second-order valence-electron chi connectivity index (χ2n) is 4.24. The van der Waals surface area contributed by atoms with Crippen LogP contribution in [0.3, 0.4) is 0 Å². The van der Waals surface area contributed by atoms with E-state index in [0.717, 1.165) is 0 Å². The first-order chi connectivity index (χ1) is 9.78. The summed E-state index contributed by atoms with van der Waals surface area (Å²) in [5, 5.41) is 8.15. The Balaban J connectivity index is 1.83. The number of nitrogens with two attached hydrogens (primary N) is 1. The number of methoxy groups -OCH3 is 1. The third-order valence-corrected chi connectivity index (χ3v) is 2.93. The molecule has 0 aliphatic rings. The van der Waals surface area contributed by atoms with E-state index in [9.17, 15) is 0 Å². The maximum absolute atomic E-state index is 5.73. The highest BCUT2D eigenvalue weighted by Gasteiger charge is 2.08. The van der Waals surface area contributed by atoms with E-state index in [0.29, 0.717) is 35.3 Å². The lowest BCUT2D eigenvalue weighted by Crippen LogP contribution is -2.02. The minimum Gasteiger partial charge on any atom is -0.493 e. The lowest BCUT2D eigenvalue weighted by Gasteiger charge is -2.09. The standard InChI is InChI=1S/C14H14N4O2/c1-19-11-4-2-3-5-12(11)20-9-14-17-16-13-8-10(15)6-7-18(13)14/h2-8H,9,15H2,1H3. The van der Waals surface area contributed by atoms with Crippen LogP contribution in [0.15, 0.2) is 42.6 Å². The third kappa shape index (κ3) is 2.23. The zero-order chi connectivity index (χ0) is 13.9. The Morgan fingerprint density at radius 1 is 1.15 bits per heavy atom. The van der Waals surface area contributed by atoms with Gasteiger partial charge in [0.2, 0.25) is 0 Å². The van der Waals surface area contributed by atoms with Crippen molar-refractivity contribution < 1.29 is 9.47 Å². The molecule has 0 radical (unpaired) electrons. The molecule has 0 aliphatic carbocycles. The number of nitrogen functional groups attached to an aromatic ring is 1. The molecule has 3 aromatic rings. The zero-order valence-electron chi connectivity index (χ0n) is 11.0. The maximum Gasteiger partial charge on any atom is 0.175 e. The van der Waals surface area contributed by atoms with E-state index in [1.54, 1.807) is 19.2 Å². The molecule has 3 rings (SSSR count). The summed E-state index contributed by atoms with van der Waals surface area (Å²) in [4.78, 5) is 0. The highest BCUT2D eigenvalue weighted by Crippen LogP contribution is 2.26. The summed E-state index contributed by atoms with van der Waals surface area (Å²) in [5.74, 6) is 2.05. The highest BCUT2D eigenvalue weighted by molar-refractivity contribution is 5.51. The molecule has 0 amide bonds. The van der Waals surface area contributed by atoms with Crippen molar-refractivity contribution >= 4 is 11.3 Å². The molecule has 0 aliphatic heterocycles. The fraction of sp³-hybridized carbons (Fsp3) is 0.143. The predicted octanol–water partition coefficient (Wildman–Crippen LogP) is 1.90. The van der Waals surface area contributed by atoms with Gasteiger partial charge in [-0.25, -0.2) is 0 Å². The van der Waals surface area contributed by atoms with Crippen LogP contribution < -0.4 is 15.2 Å². The molecule has 102 valence electrons. The van der Waals surface area contributed by atoms with Crippen molar-refractivity contribution in [3.05, 3.63) is 48.4 Å². The molecule has 20 heavy (non-hydrogen) atoms. The molecular formula is C14H14N4O2. The van der Waals surface area contributed by atoms with Crippen molar-refractivity contribution in [2.75, 3.05) is 12.8 Å². The van der Waals surface area contributed by atoms with Crippen molar-refractivity contribution in [1.29, 1.82) is 0 Å². The molecule has 0 fully saturated rings. The SMILES string of the molecule is COc1ccccc1OCc1nnc2cc(N)ccn12. The first kappa shape index (κ1) is 12.3. The highest BCUT2D eigenvalue weighted by atomic mass is 16.5. The largest absolute Gasteiger partial charge is 0.493 e. The van der Waals surface area contributed by atoms with Gasteiger partial charge in [0.05, 0.1) is 7.11 Å². The summed E-state index contributed by atoms with van der Waals surface area (Å²) >= 11 is 0. The van der Waals surface area contributed by atoms with Gasteiger partial charge in [0.1, 0.15) is 6.61 Å². The number of aromatic nitrogens is 3. The fourth-order valence-electron chi connectivity index (χ4n) is 1.93. The number of nitrogens with zero attached hydrogens (tertiary/aromatic N) is 3. The number of hydrogen-bond acceptors (Lipinski definition) is 5. The average molecular weight is 270 g/mol. The van der Waals surface area contributed by atoms with Gasteiger partial charge in [0.15, 0.2) is 23.0 Å². The monoisotopic (exact) mass is 270 g/mol.